The fraction of sp³-hybridized carbons (Fsp3) is 0.846. The van der Waals surface area contributed by atoms with Crippen molar-refractivity contribution in [2.24, 2.45) is 11.8 Å². The molecule has 0 aromatic carbocycles. The van der Waals surface area contributed by atoms with Gasteiger partial charge in [-0.3, -0.25) is 0 Å². The molecule has 0 heterocycles. The lowest BCUT2D eigenvalue weighted by Crippen LogP contribution is -2.50. The molecule has 0 bridgehead atoms. The van der Waals surface area contributed by atoms with Crippen LogP contribution in [0.5, 0.6) is 0 Å². The number of nitrogens with one attached hydrogen (secondary N) is 1. The Morgan fingerprint density at radius 1 is 1.28 bits per heavy atom. The molecule has 18 heavy (non-hydrogen) atoms. The van der Waals surface area contributed by atoms with E-state index in [9.17, 15) is 9.59 Å². The molecule has 2 fully saturated rings. The van der Waals surface area contributed by atoms with Crippen LogP contribution in [-0.2, 0) is 4.79 Å². The molecule has 5 heteroatoms. The van der Waals surface area contributed by atoms with Crippen LogP contribution in [0, 0.1) is 11.8 Å². The summed E-state index contributed by atoms with van der Waals surface area (Å²) >= 11 is 0. The van der Waals surface area contributed by atoms with Gasteiger partial charge in [-0.15, -0.1) is 0 Å². The lowest BCUT2D eigenvalue weighted by Gasteiger charge is -2.26. The number of hydrogen-bond acceptors (Lipinski definition) is 2. The first-order chi connectivity index (χ1) is 8.49. The molecule has 1 atom stereocenters. The molecule has 102 valence electrons. The molecular formula is C13H22N2O3. The third-order valence-electron chi connectivity index (χ3n) is 3.45. The molecule has 0 aromatic heterocycles. The van der Waals surface area contributed by atoms with E-state index < -0.39 is 12.0 Å². The summed E-state index contributed by atoms with van der Waals surface area (Å²) in [5.74, 6) is -0.377. The smallest absolute Gasteiger partial charge is 0.326 e. The van der Waals surface area contributed by atoms with Gasteiger partial charge in [0.15, 0.2) is 0 Å². The van der Waals surface area contributed by atoms with Gasteiger partial charge < -0.3 is 15.3 Å². The average molecular weight is 254 g/mol. The number of carbonyl (C=O) groups is 2. The maximum Gasteiger partial charge on any atom is 0.326 e. The summed E-state index contributed by atoms with van der Waals surface area (Å²) < 4.78 is 0. The number of carboxylic acid groups (broad SMARTS) is 1. The van der Waals surface area contributed by atoms with Gasteiger partial charge in [0.2, 0.25) is 0 Å². The highest BCUT2D eigenvalue weighted by Gasteiger charge is 2.40. The van der Waals surface area contributed by atoms with Crippen LogP contribution >= 0.6 is 0 Å². The lowest BCUT2D eigenvalue weighted by atomic mass is 10.2. The van der Waals surface area contributed by atoms with Gasteiger partial charge in [0.05, 0.1) is 0 Å². The lowest BCUT2D eigenvalue weighted by molar-refractivity contribution is -0.139. The van der Waals surface area contributed by atoms with Crippen molar-refractivity contribution in [3.63, 3.8) is 0 Å². The Bertz CT molecular complexity index is 335. The zero-order valence-electron chi connectivity index (χ0n) is 11.1. The Hall–Kier alpha value is -1.26. The molecule has 5 nitrogen and oxygen atoms in total. The normalized spacial score (nSPS) is 20.6. The van der Waals surface area contributed by atoms with E-state index in [0.717, 1.165) is 25.7 Å². The average Bonchev–Trinajstić information content (AvgIpc) is 3.14. The van der Waals surface area contributed by atoms with Gasteiger partial charge in [-0.25, -0.2) is 9.59 Å². The van der Waals surface area contributed by atoms with E-state index in [1.54, 1.807) is 0 Å². The molecule has 0 radical (unpaired) electrons. The number of hydrogen-bond donors (Lipinski definition) is 2. The maximum absolute atomic E-state index is 12.2. The summed E-state index contributed by atoms with van der Waals surface area (Å²) in [5, 5.41) is 11.8. The molecule has 2 aliphatic carbocycles. The van der Waals surface area contributed by atoms with E-state index in [1.807, 2.05) is 4.90 Å². The van der Waals surface area contributed by atoms with Gasteiger partial charge in [0, 0.05) is 12.6 Å². The van der Waals surface area contributed by atoms with E-state index in [-0.39, 0.29) is 11.9 Å². The highest BCUT2D eigenvalue weighted by atomic mass is 16.4. The van der Waals surface area contributed by atoms with Crippen molar-refractivity contribution in [2.75, 3.05) is 6.54 Å². The van der Waals surface area contributed by atoms with Crippen LogP contribution in [0.2, 0.25) is 0 Å². The summed E-state index contributed by atoms with van der Waals surface area (Å²) in [7, 11) is 0. The van der Waals surface area contributed by atoms with Crippen molar-refractivity contribution in [3.8, 4) is 0 Å². The standard InChI is InChI=1S/C13H22N2O3/c1-8(2)7-15(10-5-6-10)13(18)14-11(12(16)17)9-3-4-9/h8-11H,3-7H2,1-2H3,(H,14,18)(H,16,17). The third kappa shape index (κ3) is 3.37. The number of aliphatic carboxylic acids is 1. The molecule has 2 amide bonds. The predicted octanol–water partition coefficient (Wildman–Crippen LogP) is 1.68. The van der Waals surface area contributed by atoms with Crippen LogP contribution in [0.4, 0.5) is 4.79 Å². The number of carbonyl (C=O) groups excluding carboxylic acids is 1. The minimum Gasteiger partial charge on any atom is -0.480 e. The van der Waals surface area contributed by atoms with E-state index >= 15 is 0 Å². The van der Waals surface area contributed by atoms with Gasteiger partial charge >= 0.3 is 12.0 Å². The van der Waals surface area contributed by atoms with Crippen molar-refractivity contribution in [1.82, 2.24) is 10.2 Å². The topological polar surface area (TPSA) is 69.6 Å². The van der Waals surface area contributed by atoms with Crippen molar-refractivity contribution in [3.05, 3.63) is 0 Å². The molecule has 2 saturated carbocycles. The fourth-order valence-corrected chi connectivity index (χ4v) is 2.20. The summed E-state index contributed by atoms with van der Waals surface area (Å²) in [6.07, 6.45) is 3.90. The molecule has 1 unspecified atom stereocenters. The first-order valence-corrected chi connectivity index (χ1v) is 6.79. The Kier molecular flexibility index (Phi) is 3.78. The predicted molar refractivity (Wildman–Crippen MR) is 67.2 cm³/mol. The Morgan fingerprint density at radius 3 is 2.28 bits per heavy atom. The van der Waals surface area contributed by atoms with Gasteiger partial charge in [-0.1, -0.05) is 13.8 Å². The highest BCUT2D eigenvalue weighted by molar-refractivity contribution is 5.83. The van der Waals surface area contributed by atoms with Gasteiger partial charge in [0.1, 0.15) is 6.04 Å². The molecule has 2 rings (SSSR count). The Labute approximate surface area is 108 Å². The second-order valence-electron chi connectivity index (χ2n) is 5.88. The van der Waals surface area contributed by atoms with Crippen LogP contribution in [0.25, 0.3) is 0 Å². The molecule has 0 spiro atoms. The monoisotopic (exact) mass is 254 g/mol. The highest BCUT2D eigenvalue weighted by Crippen LogP contribution is 2.33. The van der Waals surface area contributed by atoms with Gasteiger partial charge in [-0.2, -0.15) is 0 Å². The van der Waals surface area contributed by atoms with E-state index in [2.05, 4.69) is 19.2 Å². The number of carboxylic acids is 1. The van der Waals surface area contributed by atoms with Crippen molar-refractivity contribution >= 4 is 12.0 Å². The minimum absolute atomic E-state index is 0.131. The number of urea groups is 1. The van der Waals surface area contributed by atoms with Crippen LogP contribution in [0.3, 0.4) is 0 Å². The third-order valence-corrected chi connectivity index (χ3v) is 3.45. The van der Waals surface area contributed by atoms with Crippen LogP contribution < -0.4 is 5.32 Å². The van der Waals surface area contributed by atoms with E-state index in [0.29, 0.717) is 18.5 Å². The van der Waals surface area contributed by atoms with Gasteiger partial charge in [-0.05, 0) is 37.5 Å². The zero-order valence-corrected chi connectivity index (χ0v) is 11.1. The van der Waals surface area contributed by atoms with Crippen molar-refractivity contribution in [1.29, 1.82) is 0 Å². The van der Waals surface area contributed by atoms with Crippen LogP contribution in [-0.4, -0.2) is 40.6 Å². The largest absolute Gasteiger partial charge is 0.480 e. The second kappa shape index (κ2) is 5.16. The first-order valence-electron chi connectivity index (χ1n) is 6.79. The number of amides is 2. The quantitative estimate of drug-likeness (QED) is 0.757. The summed E-state index contributed by atoms with van der Waals surface area (Å²) in [4.78, 5) is 25.1. The molecule has 0 aromatic rings. The zero-order chi connectivity index (χ0) is 13.3. The number of rotatable bonds is 6. The number of nitrogens with zero attached hydrogens (tertiary/aromatic N) is 1. The Morgan fingerprint density at radius 2 is 1.89 bits per heavy atom. The fourth-order valence-electron chi connectivity index (χ4n) is 2.20. The minimum atomic E-state index is -0.911. The van der Waals surface area contributed by atoms with Crippen LogP contribution in [0.15, 0.2) is 0 Å². The molecule has 0 saturated heterocycles. The molecule has 2 aliphatic rings. The second-order valence-corrected chi connectivity index (χ2v) is 5.88. The first kappa shape index (κ1) is 13.2. The van der Waals surface area contributed by atoms with E-state index in [4.69, 9.17) is 5.11 Å². The van der Waals surface area contributed by atoms with Gasteiger partial charge in [0.25, 0.3) is 0 Å². The summed E-state index contributed by atoms with van der Waals surface area (Å²) in [5.41, 5.74) is 0. The van der Waals surface area contributed by atoms with E-state index in [1.165, 1.54) is 0 Å². The maximum atomic E-state index is 12.2. The van der Waals surface area contributed by atoms with Crippen molar-refractivity contribution < 1.29 is 14.7 Å². The molecule has 0 aliphatic heterocycles. The summed E-state index contributed by atoms with van der Waals surface area (Å²) in [6.45, 7) is 4.84. The summed E-state index contributed by atoms with van der Waals surface area (Å²) in [6, 6.07) is -0.586. The molecular weight excluding hydrogens is 232 g/mol. The Balaban J connectivity index is 1.92. The van der Waals surface area contributed by atoms with Crippen molar-refractivity contribution in [2.45, 2.75) is 51.6 Å². The molecule has 2 N–H and O–H groups in total. The SMILES string of the molecule is CC(C)CN(C(=O)NC(C(=O)O)C1CC1)C1CC1. The van der Waals surface area contributed by atoms with Crippen LogP contribution in [0.1, 0.15) is 39.5 Å².